The van der Waals surface area contributed by atoms with E-state index in [9.17, 15) is 13.5 Å². The number of thiocarbonyl (C=S) groups is 1. The van der Waals surface area contributed by atoms with E-state index in [0.717, 1.165) is 16.3 Å². The molecule has 1 saturated heterocycles. The zero-order valence-corrected chi connectivity index (χ0v) is 20.4. The summed E-state index contributed by atoms with van der Waals surface area (Å²) in [6.07, 6.45) is 3.45. The number of hydrogen-bond donors (Lipinski definition) is 2. The molecule has 3 aromatic carbocycles. The molecule has 1 aliphatic rings. The largest absolute Gasteiger partial charge is 0.366 e. The molecule has 172 valence electrons. The minimum Gasteiger partial charge on any atom is -0.366 e. The molecule has 1 unspecified atom stereocenters. The number of pyridine rings is 1. The quantitative estimate of drug-likeness (QED) is 0.366. The zero-order valence-electron chi connectivity index (χ0n) is 18.0. The number of aliphatic hydroxyl groups is 1. The minimum atomic E-state index is -3.77. The van der Waals surface area contributed by atoms with Crippen LogP contribution in [0.15, 0.2) is 96.2 Å². The number of anilines is 1. The number of benzene rings is 3. The van der Waals surface area contributed by atoms with Crippen molar-refractivity contribution in [2.75, 3.05) is 10.5 Å². The summed E-state index contributed by atoms with van der Waals surface area (Å²) in [5.74, 6) is 0.383. The van der Waals surface area contributed by atoms with Gasteiger partial charge in [-0.15, -0.1) is 0 Å². The van der Waals surface area contributed by atoms with E-state index >= 15 is 0 Å². The van der Waals surface area contributed by atoms with Crippen molar-refractivity contribution in [3.63, 3.8) is 0 Å². The summed E-state index contributed by atoms with van der Waals surface area (Å²) in [5.41, 5.74) is 0.684. The van der Waals surface area contributed by atoms with Crippen molar-refractivity contribution < 1.29 is 13.5 Å². The second kappa shape index (κ2) is 8.99. The van der Waals surface area contributed by atoms with Crippen LogP contribution in [0.25, 0.3) is 10.8 Å². The molecule has 0 radical (unpaired) electrons. The van der Waals surface area contributed by atoms with Gasteiger partial charge in [-0.05, 0) is 46.7 Å². The summed E-state index contributed by atoms with van der Waals surface area (Å²) in [5, 5.41) is 13.3. The predicted octanol–water partition coefficient (Wildman–Crippen LogP) is 4.71. The molecule has 1 atom stereocenters. The topological polar surface area (TPSA) is 82.5 Å². The molecule has 1 fully saturated rings. The Labute approximate surface area is 207 Å². The fourth-order valence-corrected chi connectivity index (χ4v) is 6.44. The molecule has 6 nitrogen and oxygen atoms in total. The highest BCUT2D eigenvalue weighted by atomic mass is 32.2. The van der Waals surface area contributed by atoms with Gasteiger partial charge in [-0.1, -0.05) is 72.5 Å². The molecule has 4 aromatic rings. The van der Waals surface area contributed by atoms with Crippen LogP contribution in [-0.2, 0) is 22.3 Å². The molecule has 0 spiro atoms. The van der Waals surface area contributed by atoms with Crippen LogP contribution in [0.5, 0.6) is 0 Å². The van der Waals surface area contributed by atoms with Crippen molar-refractivity contribution in [2.45, 2.75) is 17.2 Å². The van der Waals surface area contributed by atoms with Crippen molar-refractivity contribution in [1.29, 1.82) is 0 Å². The Morgan fingerprint density at radius 3 is 2.53 bits per heavy atom. The number of aromatic nitrogens is 1. The fourth-order valence-electron chi connectivity index (χ4n) is 3.93. The molecule has 1 aromatic heterocycles. The Balaban J connectivity index is 1.37. The van der Waals surface area contributed by atoms with Crippen molar-refractivity contribution in [2.24, 2.45) is 0 Å². The van der Waals surface area contributed by atoms with Gasteiger partial charge in [0.15, 0.2) is 5.72 Å². The predicted molar refractivity (Wildman–Crippen MR) is 140 cm³/mol. The molecule has 9 heteroatoms. The molecule has 2 N–H and O–H groups in total. The second-order valence-corrected chi connectivity index (χ2v) is 11.3. The standard InChI is InChI=1S/C25H21N3O3S3/c29-25(17-33-24(32)28(25)16-18-4-3-13-26-15-18)21-8-10-22(11-9-21)27-34(30,31)23-12-7-19-5-1-2-6-20(19)14-23/h1-15,27,29H,16-17H2. The maximum Gasteiger partial charge on any atom is 0.261 e. The molecule has 0 aliphatic carbocycles. The number of sulfonamides is 1. The highest BCUT2D eigenvalue weighted by Gasteiger charge is 2.44. The van der Waals surface area contributed by atoms with Crippen LogP contribution in [0.4, 0.5) is 5.69 Å². The molecule has 2 heterocycles. The van der Waals surface area contributed by atoms with E-state index in [2.05, 4.69) is 9.71 Å². The number of fused-ring (bicyclic) bond motifs is 1. The average molecular weight is 508 g/mol. The Kier molecular flexibility index (Phi) is 6.03. The van der Waals surface area contributed by atoms with Crippen molar-refractivity contribution >= 4 is 54.8 Å². The Hall–Kier alpha value is -2.98. The van der Waals surface area contributed by atoms with Gasteiger partial charge in [-0.2, -0.15) is 0 Å². The molecule has 0 amide bonds. The van der Waals surface area contributed by atoms with Crippen LogP contribution in [0.1, 0.15) is 11.1 Å². The SMILES string of the molecule is O=S(=O)(Nc1ccc(C2(O)CSC(=S)N2Cc2cccnc2)cc1)c1ccc2ccccc2c1. The number of nitrogens with one attached hydrogen (secondary N) is 1. The number of nitrogens with zero attached hydrogens (tertiary/aromatic N) is 2. The van der Waals surface area contributed by atoms with Crippen molar-refractivity contribution in [3.05, 3.63) is 102 Å². The number of rotatable bonds is 6. The summed E-state index contributed by atoms with van der Waals surface area (Å²) in [7, 11) is -3.77. The third-order valence-electron chi connectivity index (χ3n) is 5.76. The Bertz CT molecular complexity index is 1460. The van der Waals surface area contributed by atoms with E-state index in [0.29, 0.717) is 27.9 Å². The van der Waals surface area contributed by atoms with Crippen LogP contribution in [0, 0.1) is 0 Å². The first-order valence-corrected chi connectivity index (χ1v) is 13.4. The van der Waals surface area contributed by atoms with E-state index < -0.39 is 15.7 Å². The third-order valence-corrected chi connectivity index (χ3v) is 8.73. The molecule has 0 saturated carbocycles. The fraction of sp³-hybridized carbons (Fsp3) is 0.120. The van der Waals surface area contributed by atoms with Gasteiger partial charge < -0.3 is 10.0 Å². The molecular formula is C25H21N3O3S3. The van der Waals surface area contributed by atoms with Crippen LogP contribution in [-0.4, -0.2) is 33.5 Å². The normalized spacial score (nSPS) is 18.4. The van der Waals surface area contributed by atoms with Gasteiger partial charge in [-0.3, -0.25) is 9.71 Å². The second-order valence-electron chi connectivity index (χ2n) is 8.01. The smallest absolute Gasteiger partial charge is 0.261 e. The van der Waals surface area contributed by atoms with E-state index in [4.69, 9.17) is 12.2 Å². The van der Waals surface area contributed by atoms with Crippen LogP contribution in [0.2, 0.25) is 0 Å². The van der Waals surface area contributed by atoms with Crippen molar-refractivity contribution in [1.82, 2.24) is 9.88 Å². The average Bonchev–Trinajstić information content (AvgIpc) is 3.14. The van der Waals surface area contributed by atoms with Crippen LogP contribution >= 0.6 is 24.0 Å². The molecule has 0 bridgehead atoms. The van der Waals surface area contributed by atoms with Gasteiger partial charge >= 0.3 is 0 Å². The Morgan fingerprint density at radius 1 is 1.03 bits per heavy atom. The Morgan fingerprint density at radius 2 is 1.79 bits per heavy atom. The number of thioether (sulfide) groups is 1. The first kappa shape index (κ1) is 22.8. The summed E-state index contributed by atoms with van der Waals surface area (Å²) < 4.78 is 29.1. The summed E-state index contributed by atoms with van der Waals surface area (Å²) in [6, 6.07) is 23.2. The van der Waals surface area contributed by atoms with E-state index in [1.807, 2.05) is 36.4 Å². The summed E-state index contributed by atoms with van der Waals surface area (Å²) in [6.45, 7) is 0.423. The van der Waals surface area contributed by atoms with E-state index in [-0.39, 0.29) is 4.90 Å². The lowest BCUT2D eigenvalue weighted by molar-refractivity contribution is -0.0508. The van der Waals surface area contributed by atoms with Gasteiger partial charge in [0, 0.05) is 30.2 Å². The van der Waals surface area contributed by atoms with Crippen LogP contribution in [0.3, 0.4) is 0 Å². The maximum atomic E-state index is 13.0. The van der Waals surface area contributed by atoms with Gasteiger partial charge in [-0.25, -0.2) is 8.42 Å². The lowest BCUT2D eigenvalue weighted by Gasteiger charge is -2.34. The van der Waals surface area contributed by atoms with E-state index in [1.54, 1.807) is 59.8 Å². The van der Waals surface area contributed by atoms with Gasteiger partial charge in [0.05, 0.1) is 10.6 Å². The maximum absolute atomic E-state index is 13.0. The highest BCUT2D eigenvalue weighted by Crippen LogP contribution is 2.40. The lowest BCUT2D eigenvalue weighted by Crippen LogP contribution is -2.44. The molecular weight excluding hydrogens is 486 g/mol. The molecule has 34 heavy (non-hydrogen) atoms. The third kappa shape index (κ3) is 4.39. The minimum absolute atomic E-state index is 0.189. The molecule has 1 aliphatic heterocycles. The first-order valence-electron chi connectivity index (χ1n) is 10.5. The van der Waals surface area contributed by atoms with Crippen LogP contribution < -0.4 is 4.72 Å². The van der Waals surface area contributed by atoms with Gasteiger partial charge in [0.1, 0.15) is 4.32 Å². The number of hydrogen-bond acceptors (Lipinski definition) is 6. The summed E-state index contributed by atoms with van der Waals surface area (Å²) >= 11 is 6.90. The van der Waals surface area contributed by atoms with E-state index in [1.165, 1.54) is 11.8 Å². The summed E-state index contributed by atoms with van der Waals surface area (Å²) in [4.78, 5) is 6.10. The highest BCUT2D eigenvalue weighted by molar-refractivity contribution is 8.23. The molecule has 5 rings (SSSR count). The van der Waals surface area contributed by atoms with Gasteiger partial charge in [0.25, 0.3) is 10.0 Å². The zero-order chi connectivity index (χ0) is 23.8. The first-order chi connectivity index (χ1) is 16.3. The van der Waals surface area contributed by atoms with Crippen molar-refractivity contribution in [3.8, 4) is 0 Å². The van der Waals surface area contributed by atoms with Gasteiger partial charge in [0.2, 0.25) is 0 Å². The lowest BCUT2D eigenvalue weighted by atomic mass is 10.0. The monoisotopic (exact) mass is 507 g/mol.